The number of aryl methyl sites for hydroxylation is 2. The number of hydrogen-bond acceptors (Lipinski definition) is 7. The van der Waals surface area contributed by atoms with Gasteiger partial charge in [0.05, 0.1) is 0 Å². The SMILES string of the molecule is Cc1cc(-c2ccccn2)[c-]c(Oc2[c-]c3c(cc2)c2ccc(Oc4[c-]c(-c5ccccn5)cc(C)c4-c4ccc(CC(C)C)cc4)[c-]c2n3-c2ncncn2)c1-c1ccc(CC(C)C)cc1.[Pd+2].[Pd+2]. The summed E-state index contributed by atoms with van der Waals surface area (Å²) in [5, 5.41) is 1.83. The van der Waals surface area contributed by atoms with Crippen LogP contribution in [0.25, 0.3) is 72.5 Å². The van der Waals surface area contributed by atoms with E-state index in [0.717, 1.165) is 79.5 Å². The molecular weight excluding hydrogens is 1040 g/mol. The first-order valence-corrected chi connectivity index (χ1v) is 22.7. The number of ether oxygens (including phenoxy) is 2. The zero-order valence-electron chi connectivity index (χ0n) is 39.1. The van der Waals surface area contributed by atoms with Crippen LogP contribution in [0.15, 0.2) is 146 Å². The monoisotopic (exact) mass is 1080 g/mol. The number of pyridine rings is 2. The number of fused-ring (bicyclic) bond motifs is 3. The molecule has 0 saturated heterocycles. The third-order valence-corrected chi connectivity index (χ3v) is 11.8. The molecule has 10 rings (SSSR count). The van der Waals surface area contributed by atoms with Gasteiger partial charge in [0.2, 0.25) is 5.95 Å². The van der Waals surface area contributed by atoms with Crippen molar-refractivity contribution in [3.05, 3.63) is 193 Å². The van der Waals surface area contributed by atoms with E-state index in [9.17, 15) is 0 Å². The molecule has 10 heteroatoms. The molecule has 346 valence electrons. The summed E-state index contributed by atoms with van der Waals surface area (Å²) in [4.78, 5) is 22.6. The number of aromatic nitrogens is 6. The molecule has 0 N–H and O–H groups in total. The molecule has 69 heavy (non-hydrogen) atoms. The van der Waals surface area contributed by atoms with Gasteiger partial charge in [0, 0.05) is 35.4 Å². The fourth-order valence-corrected chi connectivity index (χ4v) is 8.84. The third kappa shape index (κ3) is 10.5. The van der Waals surface area contributed by atoms with Crippen molar-refractivity contribution in [1.29, 1.82) is 0 Å². The second kappa shape index (κ2) is 21.3. The van der Waals surface area contributed by atoms with E-state index < -0.39 is 0 Å². The summed E-state index contributed by atoms with van der Waals surface area (Å²) in [5.41, 5.74) is 13.3. The minimum Gasteiger partial charge on any atom is -0.502 e. The summed E-state index contributed by atoms with van der Waals surface area (Å²) in [6, 6.07) is 55.8. The molecule has 0 unspecified atom stereocenters. The van der Waals surface area contributed by atoms with E-state index in [1.165, 1.54) is 23.8 Å². The van der Waals surface area contributed by atoms with Crippen molar-refractivity contribution in [1.82, 2.24) is 29.5 Å². The van der Waals surface area contributed by atoms with Crippen LogP contribution in [-0.2, 0) is 53.7 Å². The molecule has 0 bridgehead atoms. The van der Waals surface area contributed by atoms with Crippen LogP contribution in [0.1, 0.15) is 49.9 Å². The Balaban J connectivity index is 0.00000321. The second-order valence-corrected chi connectivity index (χ2v) is 17.8. The Labute approximate surface area is 431 Å². The molecule has 0 aliphatic carbocycles. The first-order chi connectivity index (χ1) is 32.6. The average molecular weight is 1090 g/mol. The third-order valence-electron chi connectivity index (χ3n) is 11.8. The normalized spacial score (nSPS) is 11.2. The molecule has 0 spiro atoms. The molecule has 0 atom stereocenters. The van der Waals surface area contributed by atoms with E-state index in [1.807, 2.05) is 65.2 Å². The number of hydrogen-bond donors (Lipinski definition) is 0. The van der Waals surface area contributed by atoms with Gasteiger partial charge in [0.15, 0.2) is 0 Å². The summed E-state index contributed by atoms with van der Waals surface area (Å²) in [6.07, 6.45) is 8.57. The van der Waals surface area contributed by atoms with Gasteiger partial charge in [-0.05, 0) is 59.3 Å². The minimum absolute atomic E-state index is 0. The summed E-state index contributed by atoms with van der Waals surface area (Å²) in [5.74, 6) is 3.65. The van der Waals surface area contributed by atoms with Gasteiger partial charge in [-0.2, -0.15) is 22.9 Å². The average Bonchev–Trinajstić information content (AvgIpc) is 3.65. The number of nitrogens with zero attached hydrogens (tertiary/aromatic N) is 6. The van der Waals surface area contributed by atoms with Gasteiger partial charge in [-0.15, -0.1) is 58.7 Å². The topological polar surface area (TPSA) is 87.8 Å². The molecule has 0 aliphatic heterocycles. The molecule has 10 aromatic rings. The smallest absolute Gasteiger partial charge is 0.502 e. The molecule has 0 amide bonds. The van der Waals surface area contributed by atoms with Crippen LogP contribution >= 0.6 is 0 Å². The Morgan fingerprint density at radius 2 is 0.942 bits per heavy atom. The van der Waals surface area contributed by atoms with E-state index in [-0.39, 0.29) is 40.8 Å². The fraction of sp³-hybridized carbons (Fsp3) is 0.169. The van der Waals surface area contributed by atoms with Gasteiger partial charge >= 0.3 is 40.8 Å². The Morgan fingerprint density at radius 3 is 1.33 bits per heavy atom. The van der Waals surface area contributed by atoms with Crippen LogP contribution in [0.3, 0.4) is 0 Å². The maximum atomic E-state index is 6.89. The molecule has 4 aromatic heterocycles. The Kier molecular flexibility index (Phi) is 15.1. The fourth-order valence-electron chi connectivity index (χ4n) is 8.84. The van der Waals surface area contributed by atoms with Crippen LogP contribution in [-0.4, -0.2) is 29.5 Å². The first kappa shape index (κ1) is 48.8. The van der Waals surface area contributed by atoms with Crippen molar-refractivity contribution in [2.24, 2.45) is 11.8 Å². The van der Waals surface area contributed by atoms with Crippen LogP contribution in [0.4, 0.5) is 0 Å². The molecule has 0 fully saturated rings. The maximum Gasteiger partial charge on any atom is 2.00 e. The quantitative estimate of drug-likeness (QED) is 0.0839. The number of rotatable bonds is 13. The Bertz CT molecular complexity index is 3160. The summed E-state index contributed by atoms with van der Waals surface area (Å²) in [6.45, 7) is 13.2. The Morgan fingerprint density at radius 1 is 0.507 bits per heavy atom. The molecule has 0 saturated carbocycles. The van der Waals surface area contributed by atoms with Crippen LogP contribution < -0.4 is 9.47 Å². The summed E-state index contributed by atoms with van der Waals surface area (Å²) < 4.78 is 15.7. The van der Waals surface area contributed by atoms with Crippen LogP contribution in [0, 0.1) is 49.9 Å². The van der Waals surface area contributed by atoms with Crippen molar-refractivity contribution in [2.45, 2.75) is 54.4 Å². The van der Waals surface area contributed by atoms with Crippen molar-refractivity contribution in [3.63, 3.8) is 0 Å². The van der Waals surface area contributed by atoms with Gasteiger partial charge in [0.1, 0.15) is 12.7 Å². The maximum absolute atomic E-state index is 6.89. The standard InChI is InChI=1S/C59H48N6O2.2Pd/c1-37(2)27-41-13-17-43(18-14-41)57-39(5)29-45(51-11-7-9-25-61-51)31-55(57)66-47-21-23-49-50-24-22-48(34-54(50)65(53(49)33-47)59-63-35-60-36-64-59)67-56-32-46(52-12-8-10-26-62-52)30-40(6)58(56)44-19-15-42(16-20-44)28-38(3)4;;/h7-26,29-30,35-38H,27-28H2,1-6H3;;/q-4;2*+2. The van der Waals surface area contributed by atoms with Crippen molar-refractivity contribution >= 4 is 21.8 Å². The van der Waals surface area contributed by atoms with E-state index in [0.29, 0.717) is 51.8 Å². The largest absolute Gasteiger partial charge is 2.00 e. The van der Waals surface area contributed by atoms with E-state index in [2.05, 4.69) is 151 Å². The van der Waals surface area contributed by atoms with Gasteiger partial charge in [-0.25, -0.2) is 15.0 Å². The Hall–Kier alpha value is -6.65. The molecule has 8 nitrogen and oxygen atoms in total. The molecule has 6 aromatic carbocycles. The van der Waals surface area contributed by atoms with E-state index >= 15 is 0 Å². The summed E-state index contributed by atoms with van der Waals surface area (Å²) >= 11 is 0. The molecular formula is C59H48N6O2Pd2. The second-order valence-electron chi connectivity index (χ2n) is 17.8. The van der Waals surface area contributed by atoms with Gasteiger partial charge in [-0.1, -0.05) is 160 Å². The predicted octanol–water partition coefficient (Wildman–Crippen LogP) is 14.2. The molecule has 0 radical (unpaired) electrons. The number of benzene rings is 6. The van der Waals surface area contributed by atoms with Gasteiger partial charge in [-0.3, -0.25) is 0 Å². The van der Waals surface area contributed by atoms with Gasteiger partial charge in [0.25, 0.3) is 0 Å². The first-order valence-electron chi connectivity index (χ1n) is 22.7. The minimum atomic E-state index is 0. The van der Waals surface area contributed by atoms with Crippen molar-refractivity contribution in [2.75, 3.05) is 0 Å². The van der Waals surface area contributed by atoms with E-state index in [4.69, 9.17) is 9.47 Å². The van der Waals surface area contributed by atoms with Crippen molar-refractivity contribution < 1.29 is 50.3 Å². The van der Waals surface area contributed by atoms with Crippen molar-refractivity contribution in [3.8, 4) is 73.7 Å². The van der Waals surface area contributed by atoms with Crippen LogP contribution in [0.5, 0.6) is 23.0 Å². The molecule has 4 heterocycles. The van der Waals surface area contributed by atoms with E-state index in [1.54, 1.807) is 12.4 Å². The van der Waals surface area contributed by atoms with Crippen LogP contribution in [0.2, 0.25) is 0 Å². The summed E-state index contributed by atoms with van der Waals surface area (Å²) in [7, 11) is 0. The molecule has 0 aliphatic rings. The predicted molar refractivity (Wildman–Crippen MR) is 266 cm³/mol. The van der Waals surface area contributed by atoms with Gasteiger partial charge < -0.3 is 24.0 Å². The zero-order chi connectivity index (χ0) is 46.0. The zero-order valence-corrected chi connectivity index (χ0v) is 42.2.